The number of aromatic hydroxyl groups is 1. The van der Waals surface area contributed by atoms with Crippen molar-refractivity contribution in [2.75, 3.05) is 13.7 Å². The lowest BCUT2D eigenvalue weighted by Crippen LogP contribution is -2.04. The minimum absolute atomic E-state index is 0.160. The Kier molecular flexibility index (Phi) is 5.60. The van der Waals surface area contributed by atoms with Gasteiger partial charge in [-0.15, -0.1) is 0 Å². The van der Waals surface area contributed by atoms with Gasteiger partial charge in [-0.25, -0.2) is 4.79 Å². The van der Waals surface area contributed by atoms with Crippen molar-refractivity contribution in [2.45, 2.75) is 19.4 Å². The first-order valence-corrected chi connectivity index (χ1v) is 7.38. The van der Waals surface area contributed by atoms with Crippen LogP contribution in [0.2, 0.25) is 0 Å². The summed E-state index contributed by atoms with van der Waals surface area (Å²) in [5.74, 6) is 0.0264. The van der Waals surface area contributed by atoms with Gasteiger partial charge < -0.3 is 19.7 Å². The van der Waals surface area contributed by atoms with E-state index in [1.807, 2.05) is 6.92 Å². The number of carbonyl (C=O) groups excluding carboxylic acids is 1. The zero-order valence-corrected chi connectivity index (χ0v) is 13.2. The van der Waals surface area contributed by atoms with Gasteiger partial charge in [-0.05, 0) is 36.2 Å². The largest absolute Gasteiger partial charge is 0.508 e. The summed E-state index contributed by atoms with van der Waals surface area (Å²) in [5.41, 5.74) is 1.17. The predicted molar refractivity (Wildman–Crippen MR) is 85.7 cm³/mol. The van der Waals surface area contributed by atoms with Crippen LogP contribution in [0.3, 0.4) is 0 Å². The summed E-state index contributed by atoms with van der Waals surface area (Å²) in [7, 11) is 1.27. The molecule has 0 radical (unpaired) electrons. The van der Waals surface area contributed by atoms with Gasteiger partial charge in [0.25, 0.3) is 0 Å². The molecule has 0 aromatic heterocycles. The van der Waals surface area contributed by atoms with E-state index in [0.29, 0.717) is 17.7 Å². The highest BCUT2D eigenvalue weighted by Gasteiger charge is 2.17. The average molecular weight is 316 g/mol. The van der Waals surface area contributed by atoms with E-state index < -0.39 is 12.1 Å². The second kappa shape index (κ2) is 7.65. The second-order valence-electron chi connectivity index (χ2n) is 5.09. The first-order valence-electron chi connectivity index (χ1n) is 7.38. The minimum atomic E-state index is -0.998. The van der Waals surface area contributed by atoms with Gasteiger partial charge in [0.05, 0.1) is 19.3 Å². The lowest BCUT2D eigenvalue weighted by Gasteiger charge is -2.14. The molecule has 2 N–H and O–H groups in total. The number of ether oxygens (including phenoxy) is 2. The lowest BCUT2D eigenvalue weighted by atomic mass is 9.99. The molecule has 2 rings (SSSR count). The highest BCUT2D eigenvalue weighted by molar-refractivity contribution is 5.89. The predicted octanol–water partition coefficient (Wildman–Crippen LogP) is 3.05. The van der Waals surface area contributed by atoms with E-state index in [2.05, 4.69) is 4.74 Å². The molecule has 0 aliphatic rings. The Morgan fingerprint density at radius 2 is 1.87 bits per heavy atom. The molecule has 5 heteroatoms. The van der Waals surface area contributed by atoms with Gasteiger partial charge in [-0.2, -0.15) is 0 Å². The van der Waals surface area contributed by atoms with E-state index >= 15 is 0 Å². The fourth-order valence-corrected chi connectivity index (χ4v) is 2.17. The van der Waals surface area contributed by atoms with Crippen molar-refractivity contribution in [3.05, 3.63) is 59.2 Å². The van der Waals surface area contributed by atoms with E-state index in [1.165, 1.54) is 25.3 Å². The van der Waals surface area contributed by atoms with Crippen LogP contribution in [0.1, 0.15) is 40.9 Å². The van der Waals surface area contributed by atoms with Crippen LogP contribution in [-0.2, 0) is 4.74 Å². The van der Waals surface area contributed by atoms with Gasteiger partial charge in [0.1, 0.15) is 17.6 Å². The van der Waals surface area contributed by atoms with E-state index in [0.717, 1.165) is 12.2 Å². The molecular formula is C18H20O5. The highest BCUT2D eigenvalue weighted by atomic mass is 16.5. The number of rotatable bonds is 6. The summed E-state index contributed by atoms with van der Waals surface area (Å²) in [6.07, 6.45) is -0.0768. The molecule has 0 bridgehead atoms. The van der Waals surface area contributed by atoms with Gasteiger partial charge in [-0.3, -0.25) is 0 Å². The van der Waals surface area contributed by atoms with Gasteiger partial charge in [0.2, 0.25) is 0 Å². The molecule has 2 aromatic rings. The topological polar surface area (TPSA) is 76.0 Å². The molecule has 1 atom stereocenters. The zero-order valence-electron chi connectivity index (χ0n) is 13.2. The van der Waals surface area contributed by atoms with Crippen molar-refractivity contribution in [2.24, 2.45) is 0 Å². The summed E-state index contributed by atoms with van der Waals surface area (Å²) in [4.78, 5) is 11.4. The number of hydrogen-bond acceptors (Lipinski definition) is 5. The summed E-state index contributed by atoms with van der Waals surface area (Å²) in [6.45, 7) is 2.66. The number of aliphatic hydroxyl groups excluding tert-OH is 1. The average Bonchev–Trinajstić information content (AvgIpc) is 2.59. The Morgan fingerprint density at radius 1 is 1.17 bits per heavy atom. The number of phenols is 1. The Balaban J connectivity index is 2.19. The fourth-order valence-electron chi connectivity index (χ4n) is 2.17. The number of methoxy groups -OCH3 is 1. The standard InChI is InChI=1S/C18H20O5/c1-3-10-23-14-7-4-12(5-8-14)17(20)15-9-6-13(11-16(15)19)18(21)22-2/h4-9,11,17,19-20H,3,10H2,1-2H3. The Morgan fingerprint density at radius 3 is 2.43 bits per heavy atom. The Labute approximate surface area is 135 Å². The molecule has 0 saturated carbocycles. The number of hydrogen-bond donors (Lipinski definition) is 2. The van der Waals surface area contributed by atoms with Crippen molar-refractivity contribution in [3.8, 4) is 11.5 Å². The molecule has 1 unspecified atom stereocenters. The van der Waals surface area contributed by atoms with Crippen LogP contribution < -0.4 is 4.74 Å². The molecule has 0 aliphatic heterocycles. The first-order chi connectivity index (χ1) is 11.1. The van der Waals surface area contributed by atoms with Crippen LogP contribution in [-0.4, -0.2) is 29.9 Å². The third kappa shape index (κ3) is 4.02. The number of aliphatic hydroxyl groups is 1. The summed E-state index contributed by atoms with van der Waals surface area (Å²) in [5, 5.41) is 20.5. The molecule has 0 fully saturated rings. The summed E-state index contributed by atoms with van der Waals surface area (Å²) in [6, 6.07) is 11.3. The monoisotopic (exact) mass is 316 g/mol. The maximum Gasteiger partial charge on any atom is 0.337 e. The maximum absolute atomic E-state index is 11.4. The second-order valence-corrected chi connectivity index (χ2v) is 5.09. The summed E-state index contributed by atoms with van der Waals surface area (Å²) < 4.78 is 10.1. The molecule has 0 heterocycles. The van der Waals surface area contributed by atoms with Crippen molar-refractivity contribution in [1.82, 2.24) is 0 Å². The van der Waals surface area contributed by atoms with Gasteiger partial charge in [-0.1, -0.05) is 25.1 Å². The first kappa shape index (κ1) is 16.8. The molecule has 122 valence electrons. The molecule has 23 heavy (non-hydrogen) atoms. The highest BCUT2D eigenvalue weighted by Crippen LogP contribution is 2.31. The van der Waals surface area contributed by atoms with Gasteiger partial charge in [0.15, 0.2) is 0 Å². The molecule has 0 amide bonds. The third-order valence-electron chi connectivity index (χ3n) is 3.41. The number of carbonyl (C=O) groups is 1. The smallest absolute Gasteiger partial charge is 0.337 e. The van der Waals surface area contributed by atoms with Crippen LogP contribution in [0.5, 0.6) is 11.5 Å². The van der Waals surface area contributed by atoms with Crippen molar-refractivity contribution < 1.29 is 24.5 Å². The zero-order chi connectivity index (χ0) is 16.8. The van der Waals surface area contributed by atoms with Crippen LogP contribution in [0, 0.1) is 0 Å². The quantitative estimate of drug-likeness (QED) is 0.801. The van der Waals surface area contributed by atoms with E-state index in [4.69, 9.17) is 4.74 Å². The number of benzene rings is 2. The van der Waals surface area contributed by atoms with Crippen LogP contribution >= 0.6 is 0 Å². The molecular weight excluding hydrogens is 296 g/mol. The molecule has 0 spiro atoms. The SMILES string of the molecule is CCCOc1ccc(C(O)c2ccc(C(=O)OC)cc2O)cc1. The van der Waals surface area contributed by atoms with Crippen LogP contribution in [0.4, 0.5) is 0 Å². The Bertz CT molecular complexity index is 664. The fraction of sp³-hybridized carbons (Fsp3) is 0.278. The van der Waals surface area contributed by atoms with Gasteiger partial charge >= 0.3 is 5.97 Å². The van der Waals surface area contributed by atoms with E-state index in [9.17, 15) is 15.0 Å². The molecule has 0 aliphatic carbocycles. The summed E-state index contributed by atoms with van der Waals surface area (Å²) >= 11 is 0. The lowest BCUT2D eigenvalue weighted by molar-refractivity contribution is 0.0600. The van der Waals surface area contributed by atoms with Crippen LogP contribution in [0.25, 0.3) is 0 Å². The number of phenolic OH excluding ortho intramolecular Hbond substituents is 1. The third-order valence-corrected chi connectivity index (χ3v) is 3.41. The van der Waals surface area contributed by atoms with Crippen molar-refractivity contribution >= 4 is 5.97 Å². The number of esters is 1. The Hall–Kier alpha value is -2.53. The maximum atomic E-state index is 11.4. The molecule has 2 aromatic carbocycles. The van der Waals surface area contributed by atoms with Crippen molar-refractivity contribution in [3.63, 3.8) is 0 Å². The normalized spacial score (nSPS) is 11.8. The van der Waals surface area contributed by atoms with Crippen molar-refractivity contribution in [1.29, 1.82) is 0 Å². The van der Waals surface area contributed by atoms with E-state index in [1.54, 1.807) is 24.3 Å². The van der Waals surface area contributed by atoms with Gasteiger partial charge in [0, 0.05) is 5.56 Å². The van der Waals surface area contributed by atoms with Crippen LogP contribution in [0.15, 0.2) is 42.5 Å². The van der Waals surface area contributed by atoms with E-state index in [-0.39, 0.29) is 11.3 Å². The molecule has 0 saturated heterocycles. The molecule has 5 nitrogen and oxygen atoms in total. The minimum Gasteiger partial charge on any atom is -0.508 e.